The van der Waals surface area contributed by atoms with Crippen LogP contribution in [0.5, 0.6) is 0 Å². The quantitative estimate of drug-likeness (QED) is 0.527. The topological polar surface area (TPSA) is 60.7 Å². The maximum atomic E-state index is 9.53. The van der Waals surface area contributed by atoms with Gasteiger partial charge in [-0.05, 0) is 25.3 Å². The molecule has 1 aliphatic carbocycles. The molecule has 0 heterocycles. The molecule has 2 unspecified atom stereocenters. The van der Waals surface area contributed by atoms with Gasteiger partial charge in [0, 0.05) is 12.5 Å². The zero-order chi connectivity index (χ0) is 9.14. The first kappa shape index (κ1) is 9.71. The molecule has 0 fully saturated rings. The smallest absolute Gasteiger partial charge is 0.0645 e. The summed E-state index contributed by atoms with van der Waals surface area (Å²) in [6, 6.07) is 0. The highest BCUT2D eigenvalue weighted by atomic mass is 16.3. The van der Waals surface area contributed by atoms with Gasteiger partial charge in [-0.2, -0.15) is 0 Å². The molecule has 2 atom stereocenters. The van der Waals surface area contributed by atoms with E-state index >= 15 is 0 Å². The summed E-state index contributed by atoms with van der Waals surface area (Å²) in [6.07, 6.45) is 0.753. The first-order valence-electron chi connectivity index (χ1n) is 4.29. The molecule has 0 aliphatic heterocycles. The fraction of sp³-hybridized carbons (Fsp3) is 0.778. The molecule has 0 aromatic rings. The van der Waals surface area contributed by atoms with E-state index in [1.807, 2.05) is 6.92 Å². The molecule has 0 bridgehead atoms. The van der Waals surface area contributed by atoms with Gasteiger partial charge < -0.3 is 15.3 Å². The summed E-state index contributed by atoms with van der Waals surface area (Å²) < 4.78 is 0. The van der Waals surface area contributed by atoms with Crippen molar-refractivity contribution in [3.8, 4) is 0 Å². The fourth-order valence-corrected chi connectivity index (χ4v) is 1.84. The Morgan fingerprint density at radius 3 is 2.50 bits per heavy atom. The fourth-order valence-electron chi connectivity index (χ4n) is 1.84. The number of hydrogen-bond acceptors (Lipinski definition) is 3. The molecule has 0 aromatic carbocycles. The minimum atomic E-state index is -0.403. The predicted molar refractivity (Wildman–Crippen MR) is 45.6 cm³/mol. The molecule has 3 N–H and O–H groups in total. The first-order valence-corrected chi connectivity index (χ1v) is 4.29. The molecule has 3 heteroatoms. The number of hydrogen-bond donors (Lipinski definition) is 3. The summed E-state index contributed by atoms with van der Waals surface area (Å²) in [5.74, 6) is 0.0529. The zero-order valence-electron chi connectivity index (χ0n) is 7.32. The SMILES string of the molecule is CC1=C(CO)CC(O)C1CCO. The maximum Gasteiger partial charge on any atom is 0.0645 e. The van der Waals surface area contributed by atoms with E-state index in [0.717, 1.165) is 11.1 Å². The van der Waals surface area contributed by atoms with Crippen LogP contribution in [0.4, 0.5) is 0 Å². The van der Waals surface area contributed by atoms with Gasteiger partial charge in [-0.15, -0.1) is 0 Å². The molecular formula is C9H16O3. The van der Waals surface area contributed by atoms with E-state index in [9.17, 15) is 5.11 Å². The van der Waals surface area contributed by atoms with E-state index in [4.69, 9.17) is 10.2 Å². The zero-order valence-corrected chi connectivity index (χ0v) is 7.32. The normalized spacial score (nSPS) is 30.0. The van der Waals surface area contributed by atoms with Crippen LogP contribution < -0.4 is 0 Å². The average molecular weight is 172 g/mol. The lowest BCUT2D eigenvalue weighted by molar-refractivity contribution is 0.119. The van der Waals surface area contributed by atoms with Crippen LogP contribution in [0.2, 0.25) is 0 Å². The second kappa shape index (κ2) is 4.03. The molecule has 0 saturated carbocycles. The summed E-state index contributed by atoms with van der Waals surface area (Å²) in [5.41, 5.74) is 1.99. The van der Waals surface area contributed by atoms with E-state index in [-0.39, 0.29) is 19.1 Å². The van der Waals surface area contributed by atoms with Gasteiger partial charge in [0.1, 0.15) is 0 Å². The molecule has 70 valence electrons. The lowest BCUT2D eigenvalue weighted by Gasteiger charge is -2.14. The maximum absolute atomic E-state index is 9.53. The van der Waals surface area contributed by atoms with Crippen molar-refractivity contribution in [3.05, 3.63) is 11.1 Å². The Morgan fingerprint density at radius 1 is 1.42 bits per heavy atom. The largest absolute Gasteiger partial charge is 0.396 e. The van der Waals surface area contributed by atoms with E-state index in [1.54, 1.807) is 0 Å². The second-order valence-electron chi connectivity index (χ2n) is 3.33. The Balaban J connectivity index is 2.67. The van der Waals surface area contributed by atoms with Gasteiger partial charge in [0.15, 0.2) is 0 Å². The van der Waals surface area contributed by atoms with Crippen LogP contribution in [0.25, 0.3) is 0 Å². The monoisotopic (exact) mass is 172 g/mol. The van der Waals surface area contributed by atoms with Gasteiger partial charge in [0.2, 0.25) is 0 Å². The van der Waals surface area contributed by atoms with Crippen LogP contribution in [0.1, 0.15) is 19.8 Å². The molecule has 1 rings (SSSR count). The molecule has 0 spiro atoms. The Hall–Kier alpha value is -0.380. The van der Waals surface area contributed by atoms with Crippen molar-refractivity contribution in [2.24, 2.45) is 5.92 Å². The molecular weight excluding hydrogens is 156 g/mol. The van der Waals surface area contributed by atoms with Crippen LogP contribution in [0, 0.1) is 5.92 Å². The van der Waals surface area contributed by atoms with Gasteiger partial charge in [-0.3, -0.25) is 0 Å². The Bertz CT molecular complexity index is 186. The van der Waals surface area contributed by atoms with Crippen molar-refractivity contribution in [2.75, 3.05) is 13.2 Å². The van der Waals surface area contributed by atoms with Gasteiger partial charge in [0.25, 0.3) is 0 Å². The first-order chi connectivity index (χ1) is 5.70. The predicted octanol–water partition coefficient (Wildman–Crippen LogP) is 0.0584. The minimum absolute atomic E-state index is 0.0326. The highest BCUT2D eigenvalue weighted by Gasteiger charge is 2.29. The minimum Gasteiger partial charge on any atom is -0.396 e. The second-order valence-corrected chi connectivity index (χ2v) is 3.33. The van der Waals surface area contributed by atoms with Crippen LogP contribution in [0.3, 0.4) is 0 Å². The van der Waals surface area contributed by atoms with Crippen molar-refractivity contribution in [1.29, 1.82) is 0 Å². The highest BCUT2D eigenvalue weighted by Crippen LogP contribution is 2.33. The van der Waals surface area contributed by atoms with E-state index < -0.39 is 6.10 Å². The molecule has 0 saturated heterocycles. The molecule has 0 radical (unpaired) electrons. The lowest BCUT2D eigenvalue weighted by atomic mass is 9.97. The van der Waals surface area contributed by atoms with Crippen molar-refractivity contribution in [3.63, 3.8) is 0 Å². The summed E-state index contributed by atoms with van der Waals surface area (Å²) in [4.78, 5) is 0. The molecule has 0 amide bonds. The molecule has 3 nitrogen and oxygen atoms in total. The van der Waals surface area contributed by atoms with Gasteiger partial charge in [0.05, 0.1) is 12.7 Å². The third-order valence-electron chi connectivity index (χ3n) is 2.66. The van der Waals surface area contributed by atoms with Crippen LogP contribution in [-0.4, -0.2) is 34.6 Å². The molecule has 12 heavy (non-hydrogen) atoms. The number of aliphatic hydroxyl groups is 3. The van der Waals surface area contributed by atoms with Gasteiger partial charge >= 0.3 is 0 Å². The standard InChI is InChI=1S/C9H16O3/c1-6-7(5-11)4-9(12)8(6)2-3-10/h8-12H,2-5H2,1H3. The van der Waals surface area contributed by atoms with Crippen LogP contribution in [-0.2, 0) is 0 Å². The number of aliphatic hydroxyl groups excluding tert-OH is 3. The van der Waals surface area contributed by atoms with Crippen molar-refractivity contribution < 1.29 is 15.3 Å². The molecule has 1 aliphatic rings. The number of rotatable bonds is 3. The van der Waals surface area contributed by atoms with Crippen molar-refractivity contribution in [1.82, 2.24) is 0 Å². The van der Waals surface area contributed by atoms with Crippen LogP contribution >= 0.6 is 0 Å². The third kappa shape index (κ3) is 1.68. The van der Waals surface area contributed by atoms with Gasteiger partial charge in [-0.1, -0.05) is 5.57 Å². The Morgan fingerprint density at radius 2 is 2.08 bits per heavy atom. The summed E-state index contributed by atoms with van der Waals surface area (Å²) in [6.45, 7) is 2.05. The van der Waals surface area contributed by atoms with Gasteiger partial charge in [-0.25, -0.2) is 0 Å². The summed E-state index contributed by atoms with van der Waals surface area (Å²) in [7, 11) is 0. The van der Waals surface area contributed by atoms with E-state index in [1.165, 1.54) is 0 Å². The summed E-state index contributed by atoms with van der Waals surface area (Å²) >= 11 is 0. The van der Waals surface area contributed by atoms with Crippen molar-refractivity contribution >= 4 is 0 Å². The van der Waals surface area contributed by atoms with E-state index in [2.05, 4.69) is 0 Å². The van der Waals surface area contributed by atoms with Crippen LogP contribution in [0.15, 0.2) is 11.1 Å². The summed E-state index contributed by atoms with van der Waals surface area (Å²) in [5, 5.41) is 27.2. The molecule has 0 aromatic heterocycles. The van der Waals surface area contributed by atoms with E-state index in [0.29, 0.717) is 12.8 Å². The van der Waals surface area contributed by atoms with Crippen molar-refractivity contribution in [2.45, 2.75) is 25.9 Å². The Labute approximate surface area is 72.3 Å². The lowest BCUT2D eigenvalue weighted by Crippen LogP contribution is -2.16. The average Bonchev–Trinajstić information content (AvgIpc) is 2.32. The highest BCUT2D eigenvalue weighted by molar-refractivity contribution is 5.24. The third-order valence-corrected chi connectivity index (χ3v) is 2.66. The Kier molecular flexibility index (Phi) is 3.26.